The number of hydrogen-bond donors (Lipinski definition) is 1. The minimum Gasteiger partial charge on any atom is -0.378 e. The third-order valence-corrected chi connectivity index (χ3v) is 25.9. The van der Waals surface area contributed by atoms with Crippen LogP contribution in [0, 0.1) is 5.95 Å². The summed E-state index contributed by atoms with van der Waals surface area (Å²) in [5, 5.41) is 17.5. The second kappa shape index (κ2) is 39.4. The molecule has 1 amide bonds. The number of hydrogen-bond acceptors (Lipinski definition) is 4. The molecule has 0 aliphatic rings. The summed E-state index contributed by atoms with van der Waals surface area (Å²) in [5.74, 6) is -1.28. The van der Waals surface area contributed by atoms with Gasteiger partial charge in [0.1, 0.15) is 0 Å². The zero-order chi connectivity index (χ0) is 68.9. The number of methoxy groups -OCH3 is 1. The Kier molecular flexibility index (Phi) is 29.0. The van der Waals surface area contributed by atoms with Crippen molar-refractivity contribution in [1.29, 1.82) is 0 Å². The van der Waals surface area contributed by atoms with Gasteiger partial charge >= 0.3 is 0 Å². The number of carbonyl (C=O) groups is 1. The van der Waals surface area contributed by atoms with E-state index in [2.05, 4.69) is 374 Å². The molecule has 0 radical (unpaired) electrons. The van der Waals surface area contributed by atoms with Crippen LogP contribution < -0.4 is 69.4 Å². The fraction of sp³-hybridized carbons (Fsp3) is 0.0225. The van der Waals surface area contributed by atoms with E-state index in [9.17, 15) is 9.18 Å². The summed E-state index contributed by atoms with van der Waals surface area (Å²) in [5.41, 5.74) is 7.36. The molecule has 0 saturated carbocycles. The summed E-state index contributed by atoms with van der Waals surface area (Å²) in [6.07, 6.45) is 1.33. The topological polar surface area (TPSA) is 78.1 Å². The summed E-state index contributed by atoms with van der Waals surface area (Å²) in [6.45, 7) is 0.229. The van der Waals surface area contributed by atoms with Crippen molar-refractivity contribution < 1.29 is 34.3 Å². The zero-order valence-electron chi connectivity index (χ0n) is 55.5. The normalized spacial score (nSPS) is 10.6. The number of carbonyl (C=O) groups excluding carboxylic acids is 1. The molecule has 2 N–H and O–H groups in total. The van der Waals surface area contributed by atoms with Crippen molar-refractivity contribution in [1.82, 2.24) is 9.97 Å². The van der Waals surface area contributed by atoms with Crippen molar-refractivity contribution in [3.8, 4) is 11.1 Å². The van der Waals surface area contributed by atoms with E-state index < -0.39 is 43.5 Å². The van der Waals surface area contributed by atoms with E-state index >= 15 is 0 Å². The van der Waals surface area contributed by atoms with Crippen LogP contribution in [0.15, 0.2) is 401 Å². The Labute approximate surface area is 616 Å². The van der Waals surface area contributed by atoms with Crippen molar-refractivity contribution in [2.45, 2.75) is 6.61 Å². The molecule has 500 valence electrons. The van der Waals surface area contributed by atoms with E-state index in [1.54, 1.807) is 30.3 Å². The van der Waals surface area contributed by atoms with Crippen LogP contribution in [0.3, 0.4) is 0 Å². The Morgan fingerprint density at radius 2 is 0.604 bits per heavy atom. The summed E-state index contributed by atoms with van der Waals surface area (Å²) in [7, 11) is -0.268. The molecule has 2 heterocycles. The molecule has 101 heavy (non-hydrogen) atoms. The molecule has 0 bridgehead atoms. The Morgan fingerprint density at radius 3 is 0.812 bits per heavy atom. The van der Waals surface area contributed by atoms with Crippen molar-refractivity contribution in [3.05, 3.63) is 423 Å². The number of fused-ring (bicyclic) bond motifs is 1. The first-order valence-electron chi connectivity index (χ1n) is 32.6. The molecule has 5 nitrogen and oxygen atoms in total. The number of ether oxygens (including phenoxy) is 1. The SMILES string of the molecule is COCc1ccc(-c2ccc3ncc(C(N)=O)c(Cl)c3c2)c(F)n1.[Pd].c1ccc(P(c2ccccc2)c2ccccc2)cc1.c1ccc(P(c2ccccc2)c2ccccc2)cc1.c1ccc(P(c2ccccc2)c2ccccc2)cc1.c1ccc(P(c2ccccc2)c2ccccc2)cc1. The standard InChI is InChI=1S/4C18H15P.C17H13ClFN3O2.Pd/c4*1-4-10-16(11-5-1)19(17-12-6-2-7-13-17)18-14-8-3-9-15-18;1-24-8-10-3-4-11(16(19)22-10)9-2-5-14-12(6-9)15(18)13(7-21-14)17(20)23;/h4*1-15H;2-7H,8H2,1H3,(H2,20,23);. The first kappa shape index (κ1) is 74.2. The van der Waals surface area contributed by atoms with Crippen LogP contribution in [-0.2, 0) is 31.8 Å². The monoisotopic (exact) mass is 1500 g/mol. The van der Waals surface area contributed by atoms with Gasteiger partial charge in [0.2, 0.25) is 5.95 Å². The molecule has 0 unspecified atom stereocenters. The van der Waals surface area contributed by atoms with Gasteiger partial charge in [-0.3, -0.25) is 9.78 Å². The van der Waals surface area contributed by atoms with Crippen LogP contribution in [0.4, 0.5) is 4.39 Å². The van der Waals surface area contributed by atoms with Gasteiger partial charge in [-0.2, -0.15) is 4.39 Å². The van der Waals surface area contributed by atoms with Gasteiger partial charge in [0.15, 0.2) is 0 Å². The number of rotatable bonds is 16. The van der Waals surface area contributed by atoms with Crippen LogP contribution in [0.25, 0.3) is 22.0 Å². The van der Waals surface area contributed by atoms with Crippen LogP contribution in [0.5, 0.6) is 0 Å². The van der Waals surface area contributed by atoms with Gasteiger partial charge in [0.25, 0.3) is 5.91 Å². The van der Waals surface area contributed by atoms with E-state index in [1.165, 1.54) is 77.0 Å². The van der Waals surface area contributed by atoms with Gasteiger partial charge in [-0.25, -0.2) is 4.98 Å². The van der Waals surface area contributed by atoms with Crippen LogP contribution >= 0.6 is 43.3 Å². The second-order valence-electron chi connectivity index (χ2n) is 22.5. The summed E-state index contributed by atoms with van der Waals surface area (Å²) < 4.78 is 19.2. The van der Waals surface area contributed by atoms with Crippen LogP contribution in [-0.4, -0.2) is 23.0 Å². The number of primary amides is 1. The third-order valence-electron chi connectivity index (χ3n) is 15.8. The Balaban J connectivity index is 0.000000136. The predicted octanol–water partition coefficient (Wildman–Crippen LogP) is 17.1. The number of amides is 1. The van der Waals surface area contributed by atoms with Gasteiger partial charge in [0, 0.05) is 44.7 Å². The number of aromatic nitrogens is 2. The molecule has 0 atom stereocenters. The summed E-state index contributed by atoms with van der Waals surface area (Å²) in [4.78, 5) is 19.4. The molecule has 12 heteroatoms. The molecule has 15 rings (SSSR count). The maximum absolute atomic E-state index is 14.3. The van der Waals surface area contributed by atoms with Gasteiger partial charge in [-0.1, -0.05) is 382 Å². The molecule has 0 spiro atoms. The zero-order valence-corrected chi connectivity index (χ0v) is 61.3. The molecular weight excluding hydrogens is 1430 g/mol. The van der Waals surface area contributed by atoms with E-state index in [4.69, 9.17) is 22.1 Å². The number of pyridine rings is 2. The predicted molar refractivity (Wildman–Crippen MR) is 430 cm³/mol. The summed E-state index contributed by atoms with van der Waals surface area (Å²) >= 11 is 6.24. The smallest absolute Gasteiger partial charge is 0.251 e. The van der Waals surface area contributed by atoms with E-state index in [0.717, 1.165) is 0 Å². The molecule has 15 aromatic rings. The summed E-state index contributed by atoms with van der Waals surface area (Å²) in [6, 6.07) is 138. The molecule has 13 aromatic carbocycles. The minimum atomic E-state index is -0.670. The first-order valence-corrected chi connectivity index (χ1v) is 38.4. The first-order chi connectivity index (χ1) is 49.3. The minimum absolute atomic E-state index is 0. The number of halogens is 2. The van der Waals surface area contributed by atoms with E-state index in [1.807, 2.05) is 0 Å². The molecule has 0 aliphatic carbocycles. The van der Waals surface area contributed by atoms with Crippen molar-refractivity contribution >= 4 is 124 Å². The van der Waals surface area contributed by atoms with Crippen LogP contribution in [0.1, 0.15) is 16.1 Å². The molecule has 0 saturated heterocycles. The van der Waals surface area contributed by atoms with E-state index in [0.29, 0.717) is 27.7 Å². The van der Waals surface area contributed by atoms with Gasteiger partial charge in [-0.15, -0.1) is 0 Å². The quantitative estimate of drug-likeness (QED) is 0.0594. The Hall–Kier alpha value is -9.55. The van der Waals surface area contributed by atoms with Gasteiger partial charge in [-0.05, 0) is 125 Å². The van der Waals surface area contributed by atoms with E-state index in [-0.39, 0.29) is 37.6 Å². The Morgan fingerprint density at radius 1 is 0.366 bits per heavy atom. The van der Waals surface area contributed by atoms with Gasteiger partial charge in [0.05, 0.1) is 28.4 Å². The molecular formula is C89H73ClFN3O2P4Pd. The fourth-order valence-corrected chi connectivity index (χ4v) is 20.6. The maximum Gasteiger partial charge on any atom is 0.251 e. The average molecular weight is 1500 g/mol. The number of nitrogens with zero attached hydrogens (tertiary/aromatic N) is 2. The maximum atomic E-state index is 14.3. The van der Waals surface area contributed by atoms with Crippen molar-refractivity contribution in [2.75, 3.05) is 7.11 Å². The van der Waals surface area contributed by atoms with Crippen molar-refractivity contribution in [2.24, 2.45) is 5.73 Å². The fourth-order valence-electron chi connectivity index (χ4n) is 11.1. The molecule has 0 fully saturated rings. The van der Waals surface area contributed by atoms with Gasteiger partial charge < -0.3 is 10.5 Å². The number of nitrogens with two attached hydrogens (primary N) is 1. The number of benzene rings is 13. The van der Waals surface area contributed by atoms with Crippen molar-refractivity contribution in [3.63, 3.8) is 0 Å². The largest absolute Gasteiger partial charge is 0.378 e. The van der Waals surface area contributed by atoms with Crippen LogP contribution in [0.2, 0.25) is 5.02 Å². The third kappa shape index (κ3) is 20.8. The Bertz CT molecular complexity index is 4050. The molecule has 0 aliphatic heterocycles. The second-order valence-corrected chi connectivity index (χ2v) is 31.8. The average Bonchev–Trinajstić information content (AvgIpc) is 0.848. The molecule has 2 aromatic heterocycles.